The van der Waals surface area contributed by atoms with Gasteiger partial charge in [0, 0.05) is 4.70 Å². The lowest BCUT2D eigenvalue weighted by Gasteiger charge is -2.10. The number of thiophene rings is 1. The summed E-state index contributed by atoms with van der Waals surface area (Å²) in [5.41, 5.74) is 1.51. The van der Waals surface area contributed by atoms with Gasteiger partial charge in [-0.2, -0.15) is 0 Å². The zero-order valence-electron chi connectivity index (χ0n) is 9.99. The van der Waals surface area contributed by atoms with Crippen molar-refractivity contribution in [1.29, 1.82) is 0 Å². The van der Waals surface area contributed by atoms with E-state index in [1.165, 1.54) is 22.1 Å². The molecule has 1 nitrogen and oxygen atoms in total. The van der Waals surface area contributed by atoms with Crippen LogP contribution in [0.1, 0.15) is 19.4 Å². The fraction of sp³-hybridized carbons (Fsp3) is 0.429. The standard InChI is InChI=1S/C14H19NS/c1-3-15-9-11(2)8-12-10-16-14-7-5-4-6-13(12)14/h4-7,10-11,15H,3,8-9H2,1-2H3. The van der Waals surface area contributed by atoms with Gasteiger partial charge < -0.3 is 5.32 Å². The molecule has 0 aliphatic rings. The van der Waals surface area contributed by atoms with E-state index in [2.05, 4.69) is 48.8 Å². The Morgan fingerprint density at radius 1 is 1.31 bits per heavy atom. The molecule has 1 N–H and O–H groups in total. The minimum absolute atomic E-state index is 0.706. The number of rotatable bonds is 5. The van der Waals surface area contributed by atoms with Crippen LogP contribution in [0.4, 0.5) is 0 Å². The Morgan fingerprint density at radius 3 is 2.94 bits per heavy atom. The molecule has 1 unspecified atom stereocenters. The topological polar surface area (TPSA) is 12.0 Å². The van der Waals surface area contributed by atoms with Crippen molar-refractivity contribution in [1.82, 2.24) is 5.32 Å². The molecule has 2 aromatic rings. The fourth-order valence-electron chi connectivity index (χ4n) is 2.03. The average molecular weight is 233 g/mol. The Labute approximate surface area is 101 Å². The second-order valence-corrected chi connectivity index (χ2v) is 5.29. The van der Waals surface area contributed by atoms with Crippen LogP contribution in [0.2, 0.25) is 0 Å². The molecular formula is C14H19NS. The summed E-state index contributed by atoms with van der Waals surface area (Å²) in [4.78, 5) is 0. The Morgan fingerprint density at radius 2 is 2.12 bits per heavy atom. The largest absolute Gasteiger partial charge is 0.317 e. The van der Waals surface area contributed by atoms with Crippen LogP contribution in [0.3, 0.4) is 0 Å². The highest BCUT2D eigenvalue weighted by molar-refractivity contribution is 7.17. The smallest absolute Gasteiger partial charge is 0.0345 e. The first kappa shape index (κ1) is 11.6. The SMILES string of the molecule is CCNCC(C)Cc1csc2ccccc12. The number of fused-ring (bicyclic) bond motifs is 1. The molecule has 0 fully saturated rings. The number of hydrogen-bond acceptors (Lipinski definition) is 2. The Kier molecular flexibility index (Phi) is 3.97. The number of hydrogen-bond donors (Lipinski definition) is 1. The van der Waals surface area contributed by atoms with Gasteiger partial charge in [0.2, 0.25) is 0 Å². The maximum atomic E-state index is 3.41. The van der Waals surface area contributed by atoms with Crippen LogP contribution in [0, 0.1) is 5.92 Å². The summed E-state index contributed by atoms with van der Waals surface area (Å²) in [6, 6.07) is 8.69. The van der Waals surface area contributed by atoms with E-state index in [0.29, 0.717) is 5.92 Å². The lowest BCUT2D eigenvalue weighted by Crippen LogP contribution is -2.21. The molecule has 0 saturated carbocycles. The van der Waals surface area contributed by atoms with E-state index in [9.17, 15) is 0 Å². The summed E-state index contributed by atoms with van der Waals surface area (Å²) in [6.45, 7) is 6.65. The van der Waals surface area contributed by atoms with Crippen LogP contribution in [-0.4, -0.2) is 13.1 Å². The molecule has 0 aliphatic carbocycles. The van der Waals surface area contributed by atoms with Gasteiger partial charge in [0.15, 0.2) is 0 Å². The predicted octanol–water partition coefficient (Wildman–Crippen LogP) is 3.69. The molecule has 1 atom stereocenters. The molecule has 2 heteroatoms. The molecule has 0 amide bonds. The van der Waals surface area contributed by atoms with E-state index in [4.69, 9.17) is 0 Å². The van der Waals surface area contributed by atoms with Gasteiger partial charge in [-0.25, -0.2) is 0 Å². The first-order valence-corrected chi connectivity index (χ1v) is 6.85. The van der Waals surface area contributed by atoms with Crippen molar-refractivity contribution in [3.05, 3.63) is 35.2 Å². The van der Waals surface area contributed by atoms with Gasteiger partial charge in [-0.15, -0.1) is 11.3 Å². The molecule has 1 heterocycles. The summed E-state index contributed by atoms with van der Waals surface area (Å²) >= 11 is 1.86. The van der Waals surface area contributed by atoms with Gasteiger partial charge in [-0.3, -0.25) is 0 Å². The Bertz CT molecular complexity index is 447. The summed E-state index contributed by atoms with van der Waals surface area (Å²) in [6.07, 6.45) is 1.18. The monoisotopic (exact) mass is 233 g/mol. The van der Waals surface area contributed by atoms with Crippen molar-refractivity contribution in [2.45, 2.75) is 20.3 Å². The van der Waals surface area contributed by atoms with Crippen molar-refractivity contribution >= 4 is 21.4 Å². The van der Waals surface area contributed by atoms with Crippen LogP contribution >= 0.6 is 11.3 Å². The molecule has 86 valence electrons. The highest BCUT2D eigenvalue weighted by Gasteiger charge is 2.07. The number of nitrogens with one attached hydrogen (secondary N) is 1. The third-order valence-corrected chi connectivity index (χ3v) is 3.88. The van der Waals surface area contributed by atoms with Crippen LogP contribution in [-0.2, 0) is 6.42 Å². The molecule has 0 bridgehead atoms. The number of benzene rings is 1. The summed E-state index contributed by atoms with van der Waals surface area (Å²) in [7, 11) is 0. The average Bonchev–Trinajstić information content (AvgIpc) is 2.70. The molecule has 0 aliphatic heterocycles. The lowest BCUT2D eigenvalue weighted by molar-refractivity contribution is 0.523. The van der Waals surface area contributed by atoms with E-state index in [-0.39, 0.29) is 0 Å². The van der Waals surface area contributed by atoms with Crippen LogP contribution in [0.15, 0.2) is 29.6 Å². The maximum Gasteiger partial charge on any atom is 0.0345 e. The highest BCUT2D eigenvalue weighted by Crippen LogP contribution is 2.27. The van der Waals surface area contributed by atoms with E-state index in [0.717, 1.165) is 13.1 Å². The second kappa shape index (κ2) is 5.46. The normalized spacial score (nSPS) is 13.1. The van der Waals surface area contributed by atoms with E-state index >= 15 is 0 Å². The highest BCUT2D eigenvalue weighted by atomic mass is 32.1. The van der Waals surface area contributed by atoms with Crippen molar-refractivity contribution in [3.8, 4) is 0 Å². The molecule has 1 aromatic carbocycles. The first-order chi connectivity index (χ1) is 7.81. The molecule has 16 heavy (non-hydrogen) atoms. The third-order valence-electron chi connectivity index (χ3n) is 2.87. The Hall–Kier alpha value is -0.860. The quantitative estimate of drug-likeness (QED) is 0.830. The van der Waals surface area contributed by atoms with Gasteiger partial charge in [0.05, 0.1) is 0 Å². The van der Waals surface area contributed by atoms with Gasteiger partial charge in [-0.1, -0.05) is 32.0 Å². The zero-order valence-corrected chi connectivity index (χ0v) is 10.8. The van der Waals surface area contributed by atoms with E-state index < -0.39 is 0 Å². The summed E-state index contributed by atoms with van der Waals surface area (Å²) in [5.74, 6) is 0.706. The molecule has 0 radical (unpaired) electrons. The van der Waals surface area contributed by atoms with Crippen molar-refractivity contribution in [2.24, 2.45) is 5.92 Å². The molecule has 0 spiro atoms. The van der Waals surface area contributed by atoms with Gasteiger partial charge >= 0.3 is 0 Å². The minimum atomic E-state index is 0.706. The summed E-state index contributed by atoms with van der Waals surface area (Å²) in [5, 5.41) is 7.17. The molecule has 1 aromatic heterocycles. The third kappa shape index (κ3) is 2.63. The van der Waals surface area contributed by atoms with Crippen LogP contribution in [0.25, 0.3) is 10.1 Å². The Balaban J connectivity index is 2.09. The maximum absolute atomic E-state index is 3.41. The zero-order chi connectivity index (χ0) is 11.4. The van der Waals surface area contributed by atoms with Gasteiger partial charge in [-0.05, 0) is 47.8 Å². The minimum Gasteiger partial charge on any atom is -0.317 e. The van der Waals surface area contributed by atoms with Crippen LogP contribution in [0.5, 0.6) is 0 Å². The van der Waals surface area contributed by atoms with E-state index in [1.807, 2.05) is 11.3 Å². The second-order valence-electron chi connectivity index (χ2n) is 4.37. The lowest BCUT2D eigenvalue weighted by atomic mass is 10.0. The summed E-state index contributed by atoms with van der Waals surface area (Å²) < 4.78 is 1.41. The molecular weight excluding hydrogens is 214 g/mol. The fourth-order valence-corrected chi connectivity index (χ4v) is 3.00. The predicted molar refractivity (Wildman–Crippen MR) is 73.2 cm³/mol. The molecule has 0 saturated heterocycles. The van der Waals surface area contributed by atoms with Crippen molar-refractivity contribution < 1.29 is 0 Å². The van der Waals surface area contributed by atoms with Crippen molar-refractivity contribution in [2.75, 3.05) is 13.1 Å². The first-order valence-electron chi connectivity index (χ1n) is 5.97. The van der Waals surface area contributed by atoms with Gasteiger partial charge in [0.25, 0.3) is 0 Å². The molecule has 2 rings (SSSR count). The van der Waals surface area contributed by atoms with Crippen LogP contribution < -0.4 is 5.32 Å². The van der Waals surface area contributed by atoms with Gasteiger partial charge in [0.1, 0.15) is 0 Å². The van der Waals surface area contributed by atoms with Crippen molar-refractivity contribution in [3.63, 3.8) is 0 Å². The van der Waals surface area contributed by atoms with E-state index in [1.54, 1.807) is 0 Å².